The molecule has 118 valence electrons. The van der Waals surface area contributed by atoms with E-state index in [0.717, 1.165) is 34.9 Å². The highest BCUT2D eigenvalue weighted by molar-refractivity contribution is 7.13. The predicted molar refractivity (Wildman–Crippen MR) is 89.7 cm³/mol. The van der Waals surface area contributed by atoms with E-state index in [4.69, 9.17) is 16.0 Å². The summed E-state index contributed by atoms with van der Waals surface area (Å²) in [4.78, 5) is 23.1. The lowest BCUT2D eigenvalue weighted by atomic mass is 10.1. The van der Waals surface area contributed by atoms with Crippen LogP contribution in [0, 0.1) is 0 Å². The highest BCUT2D eigenvalue weighted by Crippen LogP contribution is 2.23. The van der Waals surface area contributed by atoms with Gasteiger partial charge in [0.05, 0.1) is 22.7 Å². The van der Waals surface area contributed by atoms with Gasteiger partial charge in [-0.15, -0.1) is 11.3 Å². The summed E-state index contributed by atoms with van der Waals surface area (Å²) in [5, 5.41) is 2.36. The average Bonchev–Trinajstić information content (AvgIpc) is 3.20. The molecule has 1 aliphatic heterocycles. The maximum atomic E-state index is 12.4. The van der Waals surface area contributed by atoms with Crippen LogP contribution in [-0.2, 0) is 19.5 Å². The van der Waals surface area contributed by atoms with Gasteiger partial charge in [-0.05, 0) is 35.2 Å². The third kappa shape index (κ3) is 2.97. The van der Waals surface area contributed by atoms with Crippen LogP contribution in [-0.4, -0.2) is 21.4 Å². The van der Waals surface area contributed by atoms with Crippen molar-refractivity contribution in [1.82, 2.24) is 14.9 Å². The Bertz CT molecular complexity index is 885. The number of thiophene rings is 1. The number of halogens is 1. The molecule has 0 bridgehead atoms. The number of nitrogens with zero attached hydrogens (tertiary/aromatic N) is 2. The Kier molecular flexibility index (Phi) is 3.80. The first-order valence-corrected chi connectivity index (χ1v) is 8.57. The number of aromatic amines is 1. The van der Waals surface area contributed by atoms with Crippen molar-refractivity contribution in [2.45, 2.75) is 19.5 Å². The number of fused-ring (bicyclic) bond motifs is 1. The van der Waals surface area contributed by atoms with Gasteiger partial charge in [0.15, 0.2) is 11.0 Å². The monoisotopic (exact) mass is 347 g/mol. The Hall–Kier alpha value is -1.89. The van der Waals surface area contributed by atoms with Crippen molar-refractivity contribution in [2.24, 2.45) is 0 Å². The van der Waals surface area contributed by atoms with Crippen LogP contribution in [0.5, 0.6) is 0 Å². The first-order chi connectivity index (χ1) is 11.2. The van der Waals surface area contributed by atoms with Gasteiger partial charge in [0.25, 0.3) is 5.56 Å². The summed E-state index contributed by atoms with van der Waals surface area (Å²) >= 11 is 7.37. The number of aromatic nitrogens is 2. The number of hydrogen-bond donors (Lipinski definition) is 1. The average molecular weight is 348 g/mol. The van der Waals surface area contributed by atoms with Crippen molar-refractivity contribution in [2.75, 3.05) is 6.54 Å². The van der Waals surface area contributed by atoms with E-state index in [2.05, 4.69) is 14.9 Å². The molecule has 0 saturated heterocycles. The number of furan rings is 1. The molecule has 0 spiro atoms. The number of hydrogen-bond acceptors (Lipinski definition) is 5. The van der Waals surface area contributed by atoms with E-state index in [1.165, 1.54) is 0 Å². The third-order valence-electron chi connectivity index (χ3n) is 3.91. The molecule has 0 saturated carbocycles. The van der Waals surface area contributed by atoms with E-state index in [9.17, 15) is 4.79 Å². The highest BCUT2D eigenvalue weighted by atomic mass is 35.5. The minimum atomic E-state index is -0.0550. The standard InChI is InChI=1S/C16H14ClN3O2S/c17-14-4-3-10(22-14)8-20-6-5-12-11(9-20)16(21)19-15(18-12)13-2-1-7-23-13/h1-4,7H,5-6,8-9H2,(H,18,19,21). The van der Waals surface area contributed by atoms with Crippen molar-refractivity contribution in [3.63, 3.8) is 0 Å². The van der Waals surface area contributed by atoms with Crippen molar-refractivity contribution in [3.8, 4) is 10.7 Å². The molecule has 3 aromatic heterocycles. The zero-order valence-electron chi connectivity index (χ0n) is 12.2. The molecule has 0 radical (unpaired) electrons. The van der Waals surface area contributed by atoms with E-state index in [1.807, 2.05) is 23.6 Å². The summed E-state index contributed by atoms with van der Waals surface area (Å²) in [6, 6.07) is 7.51. The van der Waals surface area contributed by atoms with Gasteiger partial charge in [-0.1, -0.05) is 6.07 Å². The van der Waals surface area contributed by atoms with Crippen LogP contribution in [0.15, 0.2) is 38.9 Å². The molecule has 1 aliphatic rings. The molecule has 0 fully saturated rings. The van der Waals surface area contributed by atoms with E-state index >= 15 is 0 Å². The molecule has 0 aliphatic carbocycles. The zero-order valence-corrected chi connectivity index (χ0v) is 13.8. The molecular formula is C16H14ClN3O2S. The van der Waals surface area contributed by atoms with E-state index < -0.39 is 0 Å². The minimum Gasteiger partial charge on any atom is -0.448 e. The van der Waals surface area contributed by atoms with Crippen LogP contribution in [0.3, 0.4) is 0 Å². The van der Waals surface area contributed by atoms with Gasteiger partial charge in [-0.25, -0.2) is 4.98 Å². The molecule has 0 unspecified atom stereocenters. The summed E-state index contributed by atoms with van der Waals surface area (Å²) in [5.41, 5.74) is 1.58. The summed E-state index contributed by atoms with van der Waals surface area (Å²) in [6.45, 7) is 2.05. The topological polar surface area (TPSA) is 62.1 Å². The Labute approximate surface area is 141 Å². The van der Waals surface area contributed by atoms with Crippen molar-refractivity contribution >= 4 is 22.9 Å². The second-order valence-corrected chi connectivity index (χ2v) is 6.80. The molecule has 0 aromatic carbocycles. The second-order valence-electron chi connectivity index (χ2n) is 5.48. The number of H-pyrrole nitrogens is 1. The van der Waals surface area contributed by atoms with Crippen LogP contribution in [0.2, 0.25) is 5.22 Å². The second kappa shape index (κ2) is 5.96. The third-order valence-corrected chi connectivity index (χ3v) is 4.99. The summed E-state index contributed by atoms with van der Waals surface area (Å²) in [5.74, 6) is 1.47. The number of nitrogens with one attached hydrogen (secondary N) is 1. The Morgan fingerprint density at radius 2 is 2.30 bits per heavy atom. The van der Waals surface area contributed by atoms with E-state index in [0.29, 0.717) is 24.1 Å². The van der Waals surface area contributed by atoms with Gasteiger partial charge >= 0.3 is 0 Å². The number of rotatable bonds is 3. The van der Waals surface area contributed by atoms with Gasteiger partial charge in [0, 0.05) is 19.5 Å². The molecule has 0 amide bonds. The van der Waals surface area contributed by atoms with Crippen LogP contribution in [0.25, 0.3) is 10.7 Å². The first-order valence-electron chi connectivity index (χ1n) is 7.31. The summed E-state index contributed by atoms with van der Waals surface area (Å²) in [6.07, 6.45) is 0.756. The predicted octanol–water partition coefficient (Wildman–Crippen LogP) is 3.30. The molecular weight excluding hydrogens is 334 g/mol. The quantitative estimate of drug-likeness (QED) is 0.789. The molecule has 4 rings (SSSR count). The molecule has 0 atom stereocenters. The van der Waals surface area contributed by atoms with Gasteiger partial charge in [0.1, 0.15) is 5.76 Å². The molecule has 7 heteroatoms. The minimum absolute atomic E-state index is 0.0550. The normalized spacial score (nSPS) is 14.8. The van der Waals surface area contributed by atoms with Crippen molar-refractivity contribution < 1.29 is 4.42 Å². The lowest BCUT2D eigenvalue weighted by Gasteiger charge is -2.26. The fraction of sp³-hybridized carbons (Fsp3) is 0.250. The summed E-state index contributed by atoms with van der Waals surface area (Å²) < 4.78 is 5.40. The Morgan fingerprint density at radius 1 is 1.39 bits per heavy atom. The smallest absolute Gasteiger partial charge is 0.255 e. The lowest BCUT2D eigenvalue weighted by Crippen LogP contribution is -2.35. The molecule has 5 nitrogen and oxygen atoms in total. The largest absolute Gasteiger partial charge is 0.448 e. The zero-order chi connectivity index (χ0) is 15.8. The maximum Gasteiger partial charge on any atom is 0.255 e. The van der Waals surface area contributed by atoms with Crippen LogP contribution >= 0.6 is 22.9 Å². The van der Waals surface area contributed by atoms with Gasteiger partial charge < -0.3 is 9.40 Å². The Balaban J connectivity index is 1.59. The maximum absolute atomic E-state index is 12.4. The SMILES string of the molecule is O=c1[nH]c(-c2cccs2)nc2c1CN(Cc1ccc(Cl)o1)CC2. The van der Waals surface area contributed by atoms with Gasteiger partial charge in [0.2, 0.25) is 0 Å². The molecule has 23 heavy (non-hydrogen) atoms. The van der Waals surface area contributed by atoms with Crippen LogP contribution in [0.1, 0.15) is 17.0 Å². The summed E-state index contributed by atoms with van der Waals surface area (Å²) in [7, 11) is 0. The fourth-order valence-corrected chi connectivity index (χ4v) is 3.63. The Morgan fingerprint density at radius 3 is 3.04 bits per heavy atom. The molecule has 4 heterocycles. The van der Waals surface area contributed by atoms with E-state index in [-0.39, 0.29) is 5.56 Å². The lowest BCUT2D eigenvalue weighted by molar-refractivity contribution is 0.222. The van der Waals surface area contributed by atoms with Crippen molar-refractivity contribution in [1.29, 1.82) is 0 Å². The molecule has 1 N–H and O–H groups in total. The van der Waals surface area contributed by atoms with Gasteiger partial charge in [-0.2, -0.15) is 0 Å². The van der Waals surface area contributed by atoms with Crippen molar-refractivity contribution in [3.05, 3.63) is 62.2 Å². The highest BCUT2D eigenvalue weighted by Gasteiger charge is 2.22. The van der Waals surface area contributed by atoms with E-state index in [1.54, 1.807) is 17.4 Å². The van der Waals surface area contributed by atoms with Gasteiger partial charge in [-0.3, -0.25) is 9.69 Å². The van der Waals surface area contributed by atoms with Crippen LogP contribution in [0.4, 0.5) is 0 Å². The fourth-order valence-electron chi connectivity index (χ4n) is 2.80. The van der Waals surface area contributed by atoms with Crippen LogP contribution < -0.4 is 5.56 Å². The molecule has 3 aromatic rings. The first kappa shape index (κ1) is 14.7.